The van der Waals surface area contributed by atoms with Crippen LogP contribution in [0, 0.1) is 12.8 Å². The van der Waals surface area contributed by atoms with E-state index in [-0.39, 0.29) is 5.91 Å². The van der Waals surface area contributed by atoms with Gasteiger partial charge < -0.3 is 15.0 Å². The molecule has 0 spiro atoms. The van der Waals surface area contributed by atoms with Gasteiger partial charge in [-0.2, -0.15) is 0 Å². The van der Waals surface area contributed by atoms with Crippen molar-refractivity contribution in [1.82, 2.24) is 0 Å². The van der Waals surface area contributed by atoms with Gasteiger partial charge in [0.05, 0.1) is 24.0 Å². The van der Waals surface area contributed by atoms with Gasteiger partial charge in [-0.3, -0.25) is 4.79 Å². The Balaban J connectivity index is 1.84. The van der Waals surface area contributed by atoms with Crippen LogP contribution in [0.1, 0.15) is 35.7 Å². The first-order chi connectivity index (χ1) is 12.1. The van der Waals surface area contributed by atoms with Gasteiger partial charge in [-0.1, -0.05) is 31.2 Å². The second-order valence-corrected chi connectivity index (χ2v) is 6.80. The highest BCUT2D eigenvalue weighted by Crippen LogP contribution is 2.31. The normalized spacial score (nSPS) is 15.1. The first-order valence-corrected chi connectivity index (χ1v) is 8.89. The second kappa shape index (κ2) is 7.60. The van der Waals surface area contributed by atoms with Gasteiger partial charge in [0.1, 0.15) is 5.75 Å². The standard InChI is InChI=1S/C21H26N2O2/c1-15-11-13-23(14-12-15)19-10-5-4-9-18(19)22-21(24)17-8-6-7-16(2)20(17)25-3/h4-10,15H,11-14H2,1-3H3,(H,22,24). The molecule has 1 saturated heterocycles. The summed E-state index contributed by atoms with van der Waals surface area (Å²) >= 11 is 0. The molecule has 0 unspecified atom stereocenters. The van der Waals surface area contributed by atoms with Crippen LogP contribution in [0.3, 0.4) is 0 Å². The van der Waals surface area contributed by atoms with Gasteiger partial charge in [0, 0.05) is 13.1 Å². The van der Waals surface area contributed by atoms with Crippen LogP contribution in [0.5, 0.6) is 5.75 Å². The zero-order chi connectivity index (χ0) is 17.8. The van der Waals surface area contributed by atoms with E-state index in [2.05, 4.69) is 23.2 Å². The molecule has 0 aliphatic carbocycles. The van der Waals surface area contributed by atoms with Crippen molar-refractivity contribution in [3.05, 3.63) is 53.6 Å². The monoisotopic (exact) mass is 338 g/mol. The number of amides is 1. The Bertz CT molecular complexity index is 749. The van der Waals surface area contributed by atoms with E-state index in [9.17, 15) is 4.79 Å². The summed E-state index contributed by atoms with van der Waals surface area (Å²) in [5.74, 6) is 1.26. The van der Waals surface area contributed by atoms with E-state index in [4.69, 9.17) is 4.74 Å². The molecule has 1 heterocycles. The summed E-state index contributed by atoms with van der Waals surface area (Å²) in [7, 11) is 1.60. The molecule has 0 radical (unpaired) electrons. The zero-order valence-corrected chi connectivity index (χ0v) is 15.2. The van der Waals surface area contributed by atoms with Crippen molar-refractivity contribution < 1.29 is 9.53 Å². The van der Waals surface area contributed by atoms with E-state index in [1.54, 1.807) is 13.2 Å². The van der Waals surface area contributed by atoms with Crippen molar-refractivity contribution in [3.8, 4) is 5.75 Å². The SMILES string of the molecule is COc1c(C)cccc1C(=O)Nc1ccccc1N1CCC(C)CC1. The number of anilines is 2. The Labute approximate surface area is 149 Å². The molecule has 1 aliphatic rings. The molecular weight excluding hydrogens is 312 g/mol. The number of piperidine rings is 1. The third-order valence-electron chi connectivity index (χ3n) is 4.94. The number of carbonyl (C=O) groups excluding carboxylic acids is 1. The van der Waals surface area contributed by atoms with E-state index in [0.717, 1.165) is 35.9 Å². The lowest BCUT2D eigenvalue weighted by molar-refractivity contribution is 0.102. The van der Waals surface area contributed by atoms with Crippen molar-refractivity contribution in [2.75, 3.05) is 30.4 Å². The Kier molecular flexibility index (Phi) is 5.27. The number of nitrogens with one attached hydrogen (secondary N) is 1. The molecule has 1 N–H and O–H groups in total. The zero-order valence-electron chi connectivity index (χ0n) is 15.2. The summed E-state index contributed by atoms with van der Waals surface area (Å²) in [6, 6.07) is 13.7. The summed E-state index contributed by atoms with van der Waals surface area (Å²) in [4.78, 5) is 15.2. The number of hydrogen-bond acceptors (Lipinski definition) is 3. The number of carbonyl (C=O) groups is 1. The molecule has 0 aromatic heterocycles. The van der Waals surface area contributed by atoms with E-state index in [0.29, 0.717) is 11.3 Å². The van der Waals surface area contributed by atoms with E-state index < -0.39 is 0 Å². The number of benzene rings is 2. The Morgan fingerprint density at radius 2 is 1.84 bits per heavy atom. The summed E-state index contributed by atoms with van der Waals surface area (Å²) in [6.45, 7) is 6.30. The van der Waals surface area contributed by atoms with Gasteiger partial charge in [-0.15, -0.1) is 0 Å². The minimum absolute atomic E-state index is 0.140. The van der Waals surface area contributed by atoms with Crippen LogP contribution in [0.2, 0.25) is 0 Å². The summed E-state index contributed by atoms with van der Waals surface area (Å²) in [6.07, 6.45) is 2.38. The van der Waals surface area contributed by atoms with Crippen LogP contribution in [0.25, 0.3) is 0 Å². The fraction of sp³-hybridized carbons (Fsp3) is 0.381. The van der Waals surface area contributed by atoms with Crippen LogP contribution in [-0.2, 0) is 0 Å². The molecule has 132 valence electrons. The summed E-state index contributed by atoms with van der Waals surface area (Å²) < 4.78 is 5.42. The molecule has 25 heavy (non-hydrogen) atoms. The van der Waals surface area contributed by atoms with Crippen LogP contribution in [0.4, 0.5) is 11.4 Å². The van der Waals surface area contributed by atoms with Gasteiger partial charge in [-0.25, -0.2) is 0 Å². The molecule has 0 bridgehead atoms. The maximum absolute atomic E-state index is 12.8. The maximum atomic E-state index is 12.8. The van der Waals surface area contributed by atoms with Crippen molar-refractivity contribution in [1.29, 1.82) is 0 Å². The van der Waals surface area contributed by atoms with Gasteiger partial charge in [0.2, 0.25) is 0 Å². The Morgan fingerprint density at radius 3 is 2.56 bits per heavy atom. The number of methoxy groups -OCH3 is 1. The quantitative estimate of drug-likeness (QED) is 0.893. The molecule has 2 aromatic rings. The van der Waals surface area contributed by atoms with Gasteiger partial charge >= 0.3 is 0 Å². The highest BCUT2D eigenvalue weighted by atomic mass is 16.5. The summed E-state index contributed by atoms with van der Waals surface area (Å²) in [5, 5.41) is 3.08. The number of para-hydroxylation sites is 3. The van der Waals surface area contributed by atoms with Crippen molar-refractivity contribution in [3.63, 3.8) is 0 Å². The van der Waals surface area contributed by atoms with Gasteiger partial charge in [-0.05, 0) is 49.4 Å². The highest BCUT2D eigenvalue weighted by Gasteiger charge is 2.20. The van der Waals surface area contributed by atoms with Crippen molar-refractivity contribution in [2.24, 2.45) is 5.92 Å². The predicted molar refractivity (Wildman–Crippen MR) is 103 cm³/mol. The third-order valence-corrected chi connectivity index (χ3v) is 4.94. The van der Waals surface area contributed by atoms with E-state index >= 15 is 0 Å². The van der Waals surface area contributed by atoms with Gasteiger partial charge in [0.25, 0.3) is 5.91 Å². The topological polar surface area (TPSA) is 41.6 Å². The second-order valence-electron chi connectivity index (χ2n) is 6.80. The lowest BCUT2D eigenvalue weighted by Gasteiger charge is -2.33. The summed E-state index contributed by atoms with van der Waals surface area (Å²) in [5.41, 5.74) is 3.46. The largest absolute Gasteiger partial charge is 0.496 e. The number of rotatable bonds is 4. The van der Waals surface area contributed by atoms with Crippen LogP contribution >= 0.6 is 0 Å². The fourth-order valence-electron chi connectivity index (χ4n) is 3.40. The molecule has 1 aliphatic heterocycles. The Morgan fingerprint density at radius 1 is 1.12 bits per heavy atom. The minimum atomic E-state index is -0.140. The molecule has 4 nitrogen and oxygen atoms in total. The molecular formula is C21H26N2O2. The number of ether oxygens (including phenoxy) is 1. The molecule has 3 rings (SSSR count). The highest BCUT2D eigenvalue weighted by molar-refractivity contribution is 6.08. The van der Waals surface area contributed by atoms with E-state index in [1.807, 2.05) is 37.3 Å². The smallest absolute Gasteiger partial charge is 0.259 e. The average molecular weight is 338 g/mol. The molecule has 0 saturated carbocycles. The molecule has 2 aromatic carbocycles. The lowest BCUT2D eigenvalue weighted by Crippen LogP contribution is -2.33. The predicted octanol–water partition coefficient (Wildman–Crippen LogP) is 4.49. The van der Waals surface area contributed by atoms with Crippen LogP contribution < -0.4 is 15.0 Å². The lowest BCUT2D eigenvalue weighted by atomic mass is 9.98. The number of aryl methyl sites for hydroxylation is 1. The van der Waals surface area contributed by atoms with E-state index in [1.165, 1.54) is 12.8 Å². The average Bonchev–Trinajstić information content (AvgIpc) is 2.62. The van der Waals surface area contributed by atoms with Crippen molar-refractivity contribution >= 4 is 17.3 Å². The molecule has 1 fully saturated rings. The number of nitrogens with zero attached hydrogens (tertiary/aromatic N) is 1. The number of hydrogen-bond donors (Lipinski definition) is 1. The minimum Gasteiger partial charge on any atom is -0.496 e. The molecule has 1 amide bonds. The molecule has 0 atom stereocenters. The first-order valence-electron chi connectivity index (χ1n) is 8.89. The van der Waals surface area contributed by atoms with Crippen molar-refractivity contribution in [2.45, 2.75) is 26.7 Å². The first kappa shape index (κ1) is 17.3. The van der Waals surface area contributed by atoms with Crippen LogP contribution in [-0.4, -0.2) is 26.1 Å². The van der Waals surface area contributed by atoms with Gasteiger partial charge in [0.15, 0.2) is 0 Å². The Hall–Kier alpha value is -2.49. The molecule has 4 heteroatoms. The fourth-order valence-corrected chi connectivity index (χ4v) is 3.40. The maximum Gasteiger partial charge on any atom is 0.259 e. The third kappa shape index (κ3) is 3.78. The van der Waals surface area contributed by atoms with Crippen LogP contribution in [0.15, 0.2) is 42.5 Å².